The number of unbranched alkanes of at least 4 members (excludes halogenated alkanes) is 6. The van der Waals surface area contributed by atoms with E-state index in [1.807, 2.05) is 0 Å². The Morgan fingerprint density at radius 2 is 1.40 bits per heavy atom. The van der Waals surface area contributed by atoms with E-state index in [0.717, 1.165) is 19.3 Å². The van der Waals surface area contributed by atoms with Gasteiger partial charge in [-0.05, 0) is 6.42 Å². The van der Waals surface area contributed by atoms with Crippen molar-refractivity contribution in [2.75, 3.05) is 6.54 Å². The second-order valence-corrected chi connectivity index (χ2v) is 5.96. The van der Waals surface area contributed by atoms with Crippen LogP contribution >= 0.6 is 0 Å². The highest BCUT2D eigenvalue weighted by molar-refractivity contribution is 4.93. The minimum absolute atomic E-state index is 0.205. The Morgan fingerprint density at radius 1 is 0.800 bits per heavy atom. The van der Waals surface area contributed by atoms with E-state index >= 15 is 0 Å². The monoisotopic (exact) mass is 289 g/mol. The van der Waals surface area contributed by atoms with Crippen LogP contribution in [0.2, 0.25) is 0 Å². The fourth-order valence-electron chi connectivity index (χ4n) is 2.78. The van der Waals surface area contributed by atoms with Gasteiger partial charge in [0.05, 0.1) is 12.2 Å². The molecule has 5 atom stereocenters. The molecule has 0 aromatic carbocycles. The molecule has 0 radical (unpaired) electrons. The fraction of sp³-hybridized carbons (Fsp3) is 1.00. The van der Waals surface area contributed by atoms with Gasteiger partial charge in [-0.1, -0.05) is 51.9 Å². The van der Waals surface area contributed by atoms with Crippen LogP contribution in [0.25, 0.3) is 0 Å². The topological polar surface area (TPSA) is 93.0 Å². The van der Waals surface area contributed by atoms with E-state index in [0.29, 0.717) is 0 Å². The van der Waals surface area contributed by atoms with Gasteiger partial charge >= 0.3 is 0 Å². The van der Waals surface area contributed by atoms with Crippen molar-refractivity contribution in [3.63, 3.8) is 0 Å². The minimum Gasteiger partial charge on any atom is -0.389 e. The molecule has 5 heteroatoms. The van der Waals surface area contributed by atoms with Crippen molar-refractivity contribution in [3.05, 3.63) is 0 Å². The zero-order valence-electron chi connectivity index (χ0n) is 12.5. The third-order valence-electron chi connectivity index (χ3n) is 4.21. The molecular formula is C15H31NO4. The molecule has 1 aliphatic rings. The van der Waals surface area contributed by atoms with E-state index in [-0.39, 0.29) is 12.6 Å². The zero-order chi connectivity index (χ0) is 15.0. The zero-order valence-corrected chi connectivity index (χ0v) is 12.5. The maximum Gasteiger partial charge on any atom is 0.110 e. The van der Waals surface area contributed by atoms with Crippen LogP contribution in [-0.4, -0.2) is 57.4 Å². The van der Waals surface area contributed by atoms with Crippen LogP contribution in [-0.2, 0) is 0 Å². The smallest absolute Gasteiger partial charge is 0.110 e. The molecule has 1 aliphatic heterocycles. The van der Waals surface area contributed by atoms with Gasteiger partial charge in [-0.2, -0.15) is 0 Å². The molecule has 1 heterocycles. The number of rotatable bonds is 8. The van der Waals surface area contributed by atoms with E-state index in [4.69, 9.17) is 0 Å². The van der Waals surface area contributed by atoms with Crippen molar-refractivity contribution < 1.29 is 20.4 Å². The first-order valence-electron chi connectivity index (χ1n) is 8.03. The predicted octanol–water partition coefficient (Wildman–Crippen LogP) is 0.542. The summed E-state index contributed by atoms with van der Waals surface area (Å²) in [6.07, 6.45) is 4.54. The molecule has 5 N–H and O–H groups in total. The Labute approximate surface area is 122 Å². The standard InChI is InChI=1S/C15H31NO4/c1-2-3-4-5-6-7-8-9-11-13(18)15(20)14(19)12(17)10-16-11/h11-20H,2-10H2,1H3/t11-,12+,13-,14+,15+/m0/s1. The maximum absolute atomic E-state index is 9.99. The summed E-state index contributed by atoms with van der Waals surface area (Å²) in [4.78, 5) is 0. The molecule has 1 fully saturated rings. The van der Waals surface area contributed by atoms with Crippen LogP contribution in [0.4, 0.5) is 0 Å². The normalized spacial score (nSPS) is 35.0. The summed E-state index contributed by atoms with van der Waals surface area (Å²) in [7, 11) is 0. The summed E-state index contributed by atoms with van der Waals surface area (Å²) in [5.74, 6) is 0. The van der Waals surface area contributed by atoms with Gasteiger partial charge in [0.2, 0.25) is 0 Å². The van der Waals surface area contributed by atoms with Crippen molar-refractivity contribution in [2.24, 2.45) is 0 Å². The molecule has 1 saturated heterocycles. The quantitative estimate of drug-likeness (QED) is 0.421. The van der Waals surface area contributed by atoms with Gasteiger partial charge in [-0.15, -0.1) is 0 Å². The predicted molar refractivity (Wildman–Crippen MR) is 78.4 cm³/mol. The lowest BCUT2D eigenvalue weighted by molar-refractivity contribution is -0.0960. The van der Waals surface area contributed by atoms with E-state index in [9.17, 15) is 20.4 Å². The average Bonchev–Trinajstić information content (AvgIpc) is 2.53. The second-order valence-electron chi connectivity index (χ2n) is 5.96. The lowest BCUT2D eigenvalue weighted by Crippen LogP contribution is -2.47. The second kappa shape index (κ2) is 9.68. The Balaban J connectivity index is 2.22. The summed E-state index contributed by atoms with van der Waals surface area (Å²) in [5.41, 5.74) is 0. The third-order valence-corrected chi connectivity index (χ3v) is 4.21. The van der Waals surface area contributed by atoms with Crippen LogP contribution in [0, 0.1) is 0 Å². The molecule has 0 aliphatic carbocycles. The Morgan fingerprint density at radius 3 is 2.05 bits per heavy atom. The summed E-state index contributed by atoms with van der Waals surface area (Å²) in [6.45, 7) is 2.41. The summed E-state index contributed by atoms with van der Waals surface area (Å²) >= 11 is 0. The van der Waals surface area contributed by atoms with Gasteiger partial charge in [0.25, 0.3) is 0 Å². The minimum atomic E-state index is -1.28. The van der Waals surface area contributed by atoms with Crippen LogP contribution < -0.4 is 5.32 Å². The number of aliphatic hydroxyl groups excluding tert-OH is 4. The van der Waals surface area contributed by atoms with E-state index in [1.165, 1.54) is 32.1 Å². The molecule has 1 rings (SSSR count). The SMILES string of the molecule is CCCCCCCCC[C@@H]1NC[C@@H](O)[C@@H](O)[C@H](O)[C@H]1O. The number of hydrogen-bond donors (Lipinski definition) is 5. The average molecular weight is 289 g/mol. The van der Waals surface area contributed by atoms with Gasteiger partial charge < -0.3 is 25.7 Å². The van der Waals surface area contributed by atoms with Crippen molar-refractivity contribution in [3.8, 4) is 0 Å². The summed E-state index contributed by atoms with van der Waals surface area (Å²) < 4.78 is 0. The lowest BCUT2D eigenvalue weighted by Gasteiger charge is -2.26. The molecule has 0 aromatic heterocycles. The molecule has 0 bridgehead atoms. The summed E-state index contributed by atoms with van der Waals surface area (Å²) in [5, 5.41) is 42.0. The van der Waals surface area contributed by atoms with Gasteiger partial charge in [0, 0.05) is 12.6 Å². The van der Waals surface area contributed by atoms with Crippen LogP contribution in [0.5, 0.6) is 0 Å². The first-order valence-corrected chi connectivity index (χ1v) is 8.03. The van der Waals surface area contributed by atoms with Crippen LogP contribution in [0.3, 0.4) is 0 Å². The Hall–Kier alpha value is -0.200. The number of nitrogens with one attached hydrogen (secondary N) is 1. The molecule has 0 saturated carbocycles. The highest BCUT2D eigenvalue weighted by Gasteiger charge is 2.37. The van der Waals surface area contributed by atoms with Crippen LogP contribution in [0.1, 0.15) is 58.3 Å². The van der Waals surface area contributed by atoms with E-state index in [2.05, 4.69) is 12.2 Å². The van der Waals surface area contributed by atoms with Crippen molar-refractivity contribution in [1.29, 1.82) is 0 Å². The number of β-amino-alcohol motifs (C(OH)–C–C–N with tert-alkyl or cyclic N) is 1. The number of aliphatic hydroxyl groups is 4. The molecule has 0 unspecified atom stereocenters. The van der Waals surface area contributed by atoms with Crippen molar-refractivity contribution >= 4 is 0 Å². The largest absolute Gasteiger partial charge is 0.389 e. The molecule has 0 spiro atoms. The number of hydrogen-bond acceptors (Lipinski definition) is 5. The van der Waals surface area contributed by atoms with Crippen molar-refractivity contribution in [2.45, 2.75) is 88.7 Å². The highest BCUT2D eigenvalue weighted by Crippen LogP contribution is 2.17. The van der Waals surface area contributed by atoms with Gasteiger partial charge in [-0.3, -0.25) is 0 Å². The molecule has 120 valence electrons. The Bertz CT molecular complexity index is 252. The summed E-state index contributed by atoms with van der Waals surface area (Å²) in [6, 6.07) is -0.257. The molecule has 0 aromatic rings. The Kier molecular flexibility index (Phi) is 8.64. The highest BCUT2D eigenvalue weighted by atomic mass is 16.4. The van der Waals surface area contributed by atoms with Crippen LogP contribution in [0.15, 0.2) is 0 Å². The molecule has 0 amide bonds. The van der Waals surface area contributed by atoms with Gasteiger partial charge in [0.15, 0.2) is 0 Å². The van der Waals surface area contributed by atoms with E-state index < -0.39 is 24.4 Å². The molecule has 20 heavy (non-hydrogen) atoms. The molecule has 5 nitrogen and oxygen atoms in total. The lowest BCUT2D eigenvalue weighted by atomic mass is 9.96. The molecular weight excluding hydrogens is 258 g/mol. The van der Waals surface area contributed by atoms with Gasteiger partial charge in [-0.25, -0.2) is 0 Å². The fourth-order valence-corrected chi connectivity index (χ4v) is 2.78. The maximum atomic E-state index is 9.99. The van der Waals surface area contributed by atoms with E-state index in [1.54, 1.807) is 0 Å². The first-order chi connectivity index (χ1) is 9.57. The van der Waals surface area contributed by atoms with Gasteiger partial charge in [0.1, 0.15) is 12.2 Å². The first kappa shape index (κ1) is 17.9. The van der Waals surface area contributed by atoms with Crippen molar-refractivity contribution in [1.82, 2.24) is 5.32 Å². The third kappa shape index (κ3) is 5.66.